The molecular weight excluding hydrogens is 468 g/mol. The lowest BCUT2D eigenvalue weighted by Crippen LogP contribution is -2.36. The molecule has 1 saturated heterocycles. The van der Waals surface area contributed by atoms with Crippen molar-refractivity contribution >= 4 is 56.2 Å². The van der Waals surface area contributed by atoms with Gasteiger partial charge in [0.05, 0.1) is 35.7 Å². The monoisotopic (exact) mass is 494 g/mol. The number of hydrogen-bond acceptors (Lipinski definition) is 8. The summed E-state index contributed by atoms with van der Waals surface area (Å²) < 4.78 is 7.39. The lowest BCUT2D eigenvalue weighted by Gasteiger charge is -2.30. The van der Waals surface area contributed by atoms with Gasteiger partial charge >= 0.3 is 0 Å². The number of aryl methyl sites for hydroxylation is 1. The topological polar surface area (TPSA) is 84.7 Å². The van der Waals surface area contributed by atoms with Gasteiger partial charge in [0.1, 0.15) is 11.2 Å². The van der Waals surface area contributed by atoms with Crippen molar-refractivity contribution in [2.75, 3.05) is 42.3 Å². The average molecular weight is 495 g/mol. The second-order valence-electron chi connectivity index (χ2n) is 8.91. The highest BCUT2D eigenvalue weighted by Crippen LogP contribution is 2.39. The van der Waals surface area contributed by atoms with Gasteiger partial charge < -0.3 is 15.0 Å². The van der Waals surface area contributed by atoms with Crippen molar-refractivity contribution in [3.63, 3.8) is 0 Å². The molecule has 6 rings (SSSR count). The maximum absolute atomic E-state index is 12.8. The minimum Gasteiger partial charge on any atom is -0.378 e. The number of thioether (sulfide) groups is 1. The molecule has 1 N–H and O–H groups in total. The molecule has 3 aromatic heterocycles. The summed E-state index contributed by atoms with van der Waals surface area (Å²) in [5, 5.41) is 13.8. The first-order valence-corrected chi connectivity index (χ1v) is 13.5. The van der Waals surface area contributed by atoms with Crippen molar-refractivity contribution in [3.05, 3.63) is 41.0 Å². The first-order valence-electron chi connectivity index (χ1n) is 11.7. The standard InChI is InChI=1S/C24H26N6O2S2/c1-15-6-7-16-19(12-15)34-23-21(16)22-27-28-24(30(22)14-25-23)33-13-20(31)26-17-4-2-3-5-18(17)29-8-10-32-11-9-29/h2-5,14-15H,6-13H2,1H3,(H,26,31). The number of ether oxygens (including phenoxy) is 1. The van der Waals surface area contributed by atoms with Gasteiger partial charge in [0.2, 0.25) is 5.91 Å². The van der Waals surface area contributed by atoms with Gasteiger partial charge in [0.15, 0.2) is 10.8 Å². The van der Waals surface area contributed by atoms with Crippen molar-refractivity contribution in [1.29, 1.82) is 0 Å². The van der Waals surface area contributed by atoms with E-state index in [1.807, 2.05) is 28.7 Å². The third-order valence-electron chi connectivity index (χ3n) is 6.53. The molecule has 1 fully saturated rings. The maximum atomic E-state index is 12.8. The molecule has 1 aliphatic carbocycles. The Kier molecular flexibility index (Phi) is 5.88. The zero-order valence-corrected chi connectivity index (χ0v) is 20.6. The molecule has 176 valence electrons. The number of para-hydroxylation sites is 2. The predicted octanol–water partition coefficient (Wildman–Crippen LogP) is 4.03. The molecule has 0 radical (unpaired) electrons. The largest absolute Gasteiger partial charge is 0.378 e. The number of carbonyl (C=O) groups is 1. The second-order valence-corrected chi connectivity index (χ2v) is 10.9. The van der Waals surface area contributed by atoms with Crippen molar-refractivity contribution in [2.24, 2.45) is 5.92 Å². The molecule has 4 aromatic rings. The summed E-state index contributed by atoms with van der Waals surface area (Å²) in [6.07, 6.45) is 5.17. The van der Waals surface area contributed by atoms with E-state index in [1.54, 1.807) is 17.7 Å². The fourth-order valence-electron chi connectivity index (χ4n) is 4.79. The Bertz CT molecular complexity index is 1360. The number of thiophene rings is 1. The van der Waals surface area contributed by atoms with Crippen LogP contribution in [0.2, 0.25) is 0 Å². The molecule has 2 aliphatic rings. The Morgan fingerprint density at radius 1 is 1.26 bits per heavy atom. The number of anilines is 2. The summed E-state index contributed by atoms with van der Waals surface area (Å²) in [4.78, 5) is 22.2. The molecule has 0 saturated carbocycles. The van der Waals surface area contributed by atoms with E-state index in [1.165, 1.54) is 28.6 Å². The molecule has 1 aromatic carbocycles. The quantitative estimate of drug-likeness (QED) is 0.419. The third kappa shape index (κ3) is 4.03. The Morgan fingerprint density at radius 3 is 3.00 bits per heavy atom. The molecule has 4 heterocycles. The van der Waals surface area contributed by atoms with E-state index in [0.29, 0.717) is 24.3 Å². The van der Waals surface area contributed by atoms with Crippen LogP contribution in [0.1, 0.15) is 23.8 Å². The molecule has 0 spiro atoms. The second kappa shape index (κ2) is 9.16. The summed E-state index contributed by atoms with van der Waals surface area (Å²) in [5.41, 5.74) is 4.08. The molecule has 8 nitrogen and oxygen atoms in total. The van der Waals surface area contributed by atoms with Gasteiger partial charge in [-0.3, -0.25) is 9.20 Å². The van der Waals surface area contributed by atoms with E-state index in [2.05, 4.69) is 27.3 Å². The minimum absolute atomic E-state index is 0.0709. The van der Waals surface area contributed by atoms with E-state index in [0.717, 1.165) is 53.2 Å². The van der Waals surface area contributed by atoms with Crippen molar-refractivity contribution in [3.8, 4) is 0 Å². The van der Waals surface area contributed by atoms with E-state index in [-0.39, 0.29) is 11.7 Å². The lowest BCUT2D eigenvalue weighted by atomic mass is 9.89. The summed E-state index contributed by atoms with van der Waals surface area (Å²) in [7, 11) is 0. The molecule has 10 heteroatoms. The Morgan fingerprint density at radius 2 is 2.12 bits per heavy atom. The summed E-state index contributed by atoms with van der Waals surface area (Å²) in [5.74, 6) is 0.890. The number of aromatic nitrogens is 4. The van der Waals surface area contributed by atoms with Crippen LogP contribution in [-0.4, -0.2) is 57.5 Å². The van der Waals surface area contributed by atoms with Crippen molar-refractivity contribution < 1.29 is 9.53 Å². The lowest BCUT2D eigenvalue weighted by molar-refractivity contribution is -0.113. The summed E-state index contributed by atoms with van der Waals surface area (Å²) in [6.45, 7) is 5.35. The van der Waals surface area contributed by atoms with Crippen molar-refractivity contribution in [2.45, 2.75) is 31.3 Å². The smallest absolute Gasteiger partial charge is 0.234 e. The number of nitrogens with one attached hydrogen (secondary N) is 1. The maximum Gasteiger partial charge on any atom is 0.234 e. The average Bonchev–Trinajstić information content (AvgIpc) is 3.44. The number of nitrogens with zero attached hydrogens (tertiary/aromatic N) is 5. The van der Waals surface area contributed by atoms with Gasteiger partial charge in [-0.15, -0.1) is 21.5 Å². The van der Waals surface area contributed by atoms with Crippen LogP contribution < -0.4 is 10.2 Å². The van der Waals surface area contributed by atoms with Gasteiger partial charge in [-0.25, -0.2) is 4.98 Å². The van der Waals surface area contributed by atoms with Gasteiger partial charge in [-0.2, -0.15) is 0 Å². The van der Waals surface area contributed by atoms with Crippen LogP contribution in [0.3, 0.4) is 0 Å². The first-order chi connectivity index (χ1) is 16.7. The molecule has 34 heavy (non-hydrogen) atoms. The van der Waals surface area contributed by atoms with E-state index < -0.39 is 0 Å². The minimum atomic E-state index is -0.0709. The summed E-state index contributed by atoms with van der Waals surface area (Å²) in [6, 6.07) is 7.92. The van der Waals surface area contributed by atoms with Gasteiger partial charge in [0.25, 0.3) is 0 Å². The van der Waals surface area contributed by atoms with Crippen LogP contribution in [0.15, 0.2) is 35.7 Å². The van der Waals surface area contributed by atoms with Gasteiger partial charge in [0, 0.05) is 18.0 Å². The number of rotatable bonds is 5. The highest BCUT2D eigenvalue weighted by molar-refractivity contribution is 7.99. The number of benzene rings is 1. The SMILES string of the molecule is CC1CCc2c(sc3ncn4c(SCC(=O)Nc5ccccc5N5CCOCC5)nnc4c23)C1. The van der Waals surface area contributed by atoms with Gasteiger partial charge in [-0.1, -0.05) is 30.8 Å². The van der Waals surface area contributed by atoms with Crippen LogP contribution >= 0.6 is 23.1 Å². The highest BCUT2D eigenvalue weighted by atomic mass is 32.2. The highest BCUT2D eigenvalue weighted by Gasteiger charge is 2.24. The fraction of sp³-hybridized carbons (Fsp3) is 0.417. The number of carbonyl (C=O) groups excluding carboxylic acids is 1. The molecule has 1 amide bonds. The molecule has 0 bridgehead atoms. The number of amides is 1. The normalized spacial score (nSPS) is 18.4. The number of morpholine rings is 1. The van der Waals surface area contributed by atoms with E-state index in [4.69, 9.17) is 9.72 Å². The van der Waals surface area contributed by atoms with Crippen molar-refractivity contribution in [1.82, 2.24) is 19.6 Å². The zero-order valence-electron chi connectivity index (χ0n) is 19.0. The Balaban J connectivity index is 1.19. The Hall–Kier alpha value is -2.69. The number of hydrogen-bond donors (Lipinski definition) is 1. The molecular formula is C24H26N6O2S2. The van der Waals surface area contributed by atoms with Crippen LogP contribution in [0.4, 0.5) is 11.4 Å². The predicted molar refractivity (Wildman–Crippen MR) is 136 cm³/mol. The first kappa shape index (κ1) is 21.8. The molecule has 1 unspecified atom stereocenters. The van der Waals surface area contributed by atoms with E-state index >= 15 is 0 Å². The van der Waals surface area contributed by atoms with Crippen LogP contribution in [0, 0.1) is 5.92 Å². The fourth-order valence-corrected chi connectivity index (χ4v) is 6.84. The van der Waals surface area contributed by atoms with Crippen LogP contribution in [-0.2, 0) is 22.4 Å². The van der Waals surface area contributed by atoms with Crippen LogP contribution in [0.5, 0.6) is 0 Å². The molecule has 1 atom stereocenters. The Labute approximate surface area is 205 Å². The van der Waals surface area contributed by atoms with Gasteiger partial charge in [-0.05, 0) is 42.9 Å². The van der Waals surface area contributed by atoms with Crippen LogP contribution in [0.25, 0.3) is 15.9 Å². The number of fused-ring (bicyclic) bond motifs is 5. The molecule has 1 aliphatic heterocycles. The van der Waals surface area contributed by atoms with E-state index in [9.17, 15) is 4.79 Å². The zero-order chi connectivity index (χ0) is 23.1. The third-order valence-corrected chi connectivity index (χ3v) is 8.64. The summed E-state index contributed by atoms with van der Waals surface area (Å²) >= 11 is 3.17.